The summed E-state index contributed by atoms with van der Waals surface area (Å²) >= 11 is 9.47. The van der Waals surface area contributed by atoms with Crippen molar-refractivity contribution in [1.82, 2.24) is 0 Å². The molecule has 1 aliphatic rings. The maximum atomic E-state index is 11.7. The van der Waals surface area contributed by atoms with E-state index in [1.165, 1.54) is 0 Å². The molecule has 1 nitrogen and oxygen atoms in total. The average Bonchev–Trinajstić information content (AvgIpc) is 2.81. The molecule has 0 aliphatic carbocycles. The van der Waals surface area contributed by atoms with Crippen LogP contribution in [-0.2, 0) is 4.79 Å². The lowest BCUT2D eigenvalue weighted by molar-refractivity contribution is -0.110. The Hall–Kier alpha value is -0.640. The minimum absolute atomic E-state index is 0.0156. The molecule has 1 saturated heterocycles. The number of ketones is 1. The first-order valence-corrected chi connectivity index (χ1v) is 7.54. The highest BCUT2D eigenvalue weighted by Crippen LogP contribution is 2.35. The predicted molar refractivity (Wildman–Crippen MR) is 78.5 cm³/mol. The van der Waals surface area contributed by atoms with Gasteiger partial charge in [-0.25, -0.2) is 0 Å². The number of carbonyl (C=O) groups excluding carboxylic acids is 1. The van der Waals surface area contributed by atoms with Gasteiger partial charge in [-0.15, -0.1) is 23.5 Å². The van der Waals surface area contributed by atoms with Crippen LogP contribution < -0.4 is 0 Å². The zero-order chi connectivity index (χ0) is 12.1. The number of halogens is 1. The van der Waals surface area contributed by atoms with E-state index >= 15 is 0 Å². The van der Waals surface area contributed by atoms with Crippen LogP contribution >= 0.6 is 35.1 Å². The molecule has 0 aromatic heterocycles. The average molecular weight is 283 g/mol. The Morgan fingerprint density at radius 2 is 1.94 bits per heavy atom. The van der Waals surface area contributed by atoms with Crippen molar-refractivity contribution in [3.8, 4) is 0 Å². The molecule has 1 fully saturated rings. The van der Waals surface area contributed by atoms with Gasteiger partial charge in [-0.2, -0.15) is 0 Å². The molecule has 0 amide bonds. The van der Waals surface area contributed by atoms with Gasteiger partial charge < -0.3 is 0 Å². The van der Waals surface area contributed by atoms with E-state index in [1.807, 2.05) is 24.3 Å². The van der Waals surface area contributed by atoms with Crippen LogP contribution in [0, 0.1) is 0 Å². The van der Waals surface area contributed by atoms with Crippen LogP contribution in [0.2, 0.25) is 5.02 Å². The number of thioether (sulfide) groups is 2. The Kier molecular flexibility index (Phi) is 4.77. The van der Waals surface area contributed by atoms with E-state index in [0.29, 0.717) is 5.02 Å². The van der Waals surface area contributed by atoms with Crippen LogP contribution in [0.25, 0.3) is 6.08 Å². The SMILES string of the molecule is O=C(C=C1SCCS1)/C=C/c1ccccc1Cl. The van der Waals surface area contributed by atoms with E-state index in [-0.39, 0.29) is 5.78 Å². The van der Waals surface area contributed by atoms with Crippen LogP contribution in [-0.4, -0.2) is 17.3 Å². The summed E-state index contributed by atoms with van der Waals surface area (Å²) in [6.45, 7) is 0. The van der Waals surface area contributed by atoms with Gasteiger partial charge in [0.2, 0.25) is 0 Å². The molecule has 1 heterocycles. The summed E-state index contributed by atoms with van der Waals surface area (Å²) in [5, 5.41) is 0.661. The third kappa shape index (κ3) is 3.95. The molecule has 0 radical (unpaired) electrons. The molecule has 17 heavy (non-hydrogen) atoms. The third-order valence-electron chi connectivity index (χ3n) is 2.16. The molecule has 0 saturated carbocycles. The lowest BCUT2D eigenvalue weighted by atomic mass is 10.2. The van der Waals surface area contributed by atoms with E-state index in [0.717, 1.165) is 21.3 Å². The summed E-state index contributed by atoms with van der Waals surface area (Å²) in [7, 11) is 0. The van der Waals surface area contributed by atoms with Crippen LogP contribution in [0.5, 0.6) is 0 Å². The summed E-state index contributed by atoms with van der Waals surface area (Å²) in [6.07, 6.45) is 5.01. The van der Waals surface area contributed by atoms with E-state index in [1.54, 1.807) is 41.8 Å². The van der Waals surface area contributed by atoms with Crippen molar-refractivity contribution < 1.29 is 4.79 Å². The van der Waals surface area contributed by atoms with Crippen LogP contribution in [0.15, 0.2) is 40.7 Å². The van der Waals surface area contributed by atoms with Gasteiger partial charge in [-0.1, -0.05) is 29.8 Å². The Balaban J connectivity index is 2.03. The number of benzene rings is 1. The maximum Gasteiger partial charge on any atom is 0.180 e. The molecule has 2 rings (SSSR count). The molecule has 0 N–H and O–H groups in total. The number of rotatable bonds is 3. The minimum atomic E-state index is 0.0156. The quantitative estimate of drug-likeness (QED) is 0.772. The molecule has 1 aliphatic heterocycles. The molecule has 0 atom stereocenters. The highest BCUT2D eigenvalue weighted by Gasteiger charge is 2.08. The van der Waals surface area contributed by atoms with Gasteiger partial charge in [0.25, 0.3) is 0 Å². The molecular formula is C13H11ClOS2. The lowest BCUT2D eigenvalue weighted by Gasteiger charge is -1.95. The first-order valence-electron chi connectivity index (χ1n) is 5.19. The number of hydrogen-bond acceptors (Lipinski definition) is 3. The molecule has 1 aromatic carbocycles. The standard InChI is InChI=1S/C13H11ClOS2/c14-12-4-2-1-3-10(12)5-6-11(15)9-13-16-7-8-17-13/h1-6,9H,7-8H2/b6-5+. The van der Waals surface area contributed by atoms with Crippen molar-refractivity contribution >= 4 is 47.0 Å². The smallest absolute Gasteiger partial charge is 0.180 e. The van der Waals surface area contributed by atoms with E-state index in [9.17, 15) is 4.79 Å². The molecule has 4 heteroatoms. The van der Waals surface area contributed by atoms with Crippen molar-refractivity contribution in [2.75, 3.05) is 11.5 Å². The number of hydrogen-bond donors (Lipinski definition) is 0. The van der Waals surface area contributed by atoms with Gasteiger partial charge >= 0.3 is 0 Å². The molecule has 0 spiro atoms. The van der Waals surface area contributed by atoms with Gasteiger partial charge in [-0.05, 0) is 23.8 Å². The molecule has 0 unspecified atom stereocenters. The predicted octanol–water partition coefficient (Wildman–Crippen LogP) is 4.24. The Morgan fingerprint density at radius 1 is 1.24 bits per heavy atom. The summed E-state index contributed by atoms with van der Waals surface area (Å²) in [6, 6.07) is 7.47. The lowest BCUT2D eigenvalue weighted by Crippen LogP contribution is -1.86. The summed E-state index contributed by atoms with van der Waals surface area (Å²) in [5.74, 6) is 2.21. The first-order chi connectivity index (χ1) is 8.25. The highest BCUT2D eigenvalue weighted by atomic mass is 35.5. The number of carbonyl (C=O) groups is 1. The van der Waals surface area contributed by atoms with Gasteiger partial charge in [-0.3, -0.25) is 4.79 Å². The second-order valence-electron chi connectivity index (χ2n) is 3.42. The molecular weight excluding hydrogens is 272 g/mol. The van der Waals surface area contributed by atoms with Crippen LogP contribution in [0.3, 0.4) is 0 Å². The van der Waals surface area contributed by atoms with Crippen molar-refractivity contribution in [3.05, 3.63) is 51.2 Å². The van der Waals surface area contributed by atoms with Crippen LogP contribution in [0.1, 0.15) is 5.56 Å². The monoisotopic (exact) mass is 282 g/mol. The summed E-state index contributed by atoms with van der Waals surface area (Å²) in [4.78, 5) is 11.7. The minimum Gasteiger partial charge on any atom is -0.290 e. The maximum absolute atomic E-state index is 11.7. The van der Waals surface area contributed by atoms with E-state index in [4.69, 9.17) is 11.6 Å². The number of allylic oxidation sites excluding steroid dienone is 2. The van der Waals surface area contributed by atoms with E-state index in [2.05, 4.69) is 0 Å². The second kappa shape index (κ2) is 6.34. The molecule has 0 bridgehead atoms. The van der Waals surface area contributed by atoms with Crippen molar-refractivity contribution in [3.63, 3.8) is 0 Å². The summed E-state index contributed by atoms with van der Waals surface area (Å²) < 4.78 is 1.11. The largest absolute Gasteiger partial charge is 0.290 e. The highest BCUT2D eigenvalue weighted by molar-refractivity contribution is 8.25. The zero-order valence-electron chi connectivity index (χ0n) is 9.06. The Labute approximate surface area is 114 Å². The van der Waals surface area contributed by atoms with Crippen molar-refractivity contribution in [1.29, 1.82) is 0 Å². The Bertz CT molecular complexity index is 472. The van der Waals surface area contributed by atoms with Gasteiger partial charge in [0, 0.05) is 26.8 Å². The first kappa shape index (κ1) is 12.8. The van der Waals surface area contributed by atoms with Crippen molar-refractivity contribution in [2.24, 2.45) is 0 Å². The van der Waals surface area contributed by atoms with Crippen LogP contribution in [0.4, 0.5) is 0 Å². The molecule has 88 valence electrons. The second-order valence-corrected chi connectivity index (χ2v) is 6.36. The summed E-state index contributed by atoms with van der Waals surface area (Å²) in [5.41, 5.74) is 0.868. The van der Waals surface area contributed by atoms with E-state index < -0.39 is 0 Å². The normalized spacial score (nSPS) is 15.5. The van der Waals surface area contributed by atoms with Gasteiger partial charge in [0.05, 0.1) is 0 Å². The van der Waals surface area contributed by atoms with Gasteiger partial charge in [0.15, 0.2) is 5.78 Å². The third-order valence-corrected chi connectivity index (χ3v) is 5.10. The Morgan fingerprint density at radius 3 is 2.65 bits per heavy atom. The fourth-order valence-corrected chi connectivity index (χ4v) is 3.86. The van der Waals surface area contributed by atoms with Crippen molar-refractivity contribution in [2.45, 2.75) is 0 Å². The fourth-order valence-electron chi connectivity index (χ4n) is 1.36. The fraction of sp³-hybridized carbons (Fsp3) is 0.154. The van der Waals surface area contributed by atoms with Gasteiger partial charge in [0.1, 0.15) is 0 Å². The zero-order valence-corrected chi connectivity index (χ0v) is 11.4. The molecule has 1 aromatic rings. The topological polar surface area (TPSA) is 17.1 Å².